The van der Waals surface area contributed by atoms with Crippen molar-refractivity contribution in [1.29, 1.82) is 0 Å². The third-order valence-electron chi connectivity index (χ3n) is 4.87. The quantitative estimate of drug-likeness (QED) is 0.565. The van der Waals surface area contributed by atoms with E-state index in [4.69, 9.17) is 9.47 Å². The lowest BCUT2D eigenvalue weighted by molar-refractivity contribution is -0.151. The third kappa shape index (κ3) is 6.07. The first-order valence-electron chi connectivity index (χ1n) is 10.1. The van der Waals surface area contributed by atoms with Crippen molar-refractivity contribution < 1.29 is 23.9 Å². The number of rotatable bonds is 8. The number of ether oxygens (including phenoxy) is 2. The first-order valence-corrected chi connectivity index (χ1v) is 10.9. The van der Waals surface area contributed by atoms with Gasteiger partial charge in [-0.25, -0.2) is 0 Å². The molecule has 2 amide bonds. The van der Waals surface area contributed by atoms with E-state index in [1.165, 1.54) is 0 Å². The summed E-state index contributed by atoms with van der Waals surface area (Å²) in [6.45, 7) is 4.39. The molecule has 0 aromatic heterocycles. The minimum absolute atomic E-state index is 0.0560. The Morgan fingerprint density at radius 1 is 1.19 bits per heavy atom. The summed E-state index contributed by atoms with van der Waals surface area (Å²) in [5.41, 5.74) is 2.30. The van der Waals surface area contributed by atoms with Gasteiger partial charge in [0.2, 0.25) is 5.91 Å². The van der Waals surface area contributed by atoms with Crippen LogP contribution in [0.25, 0.3) is 0 Å². The molecule has 0 saturated carbocycles. The Morgan fingerprint density at radius 2 is 1.94 bits per heavy atom. The zero-order valence-electron chi connectivity index (χ0n) is 17.5. The Morgan fingerprint density at radius 3 is 2.61 bits per heavy atom. The van der Waals surface area contributed by atoms with Gasteiger partial charge in [-0.05, 0) is 61.4 Å². The molecular formula is C23H25BrN2O5. The van der Waals surface area contributed by atoms with E-state index in [2.05, 4.69) is 21.2 Å². The predicted molar refractivity (Wildman–Crippen MR) is 121 cm³/mol. The standard InChI is InChI=1S/C23H25BrN2O5/c1-3-10-30-19-7-5-18(6-8-19)26-13-16(12-22(26)28)23(29)31-14-21(27)25-17-4-9-20(24)15(2)11-17/h4-9,11,16H,3,10,12-14H2,1-2H3,(H,25,27)/t16-/m1/s1. The minimum atomic E-state index is -0.605. The van der Waals surface area contributed by atoms with Gasteiger partial charge in [0.25, 0.3) is 5.91 Å². The van der Waals surface area contributed by atoms with Gasteiger partial charge in [-0.2, -0.15) is 0 Å². The van der Waals surface area contributed by atoms with Crippen molar-refractivity contribution in [2.24, 2.45) is 5.92 Å². The fourth-order valence-corrected chi connectivity index (χ4v) is 3.48. The molecule has 7 nitrogen and oxygen atoms in total. The smallest absolute Gasteiger partial charge is 0.311 e. The number of anilines is 2. The zero-order chi connectivity index (χ0) is 22.4. The largest absolute Gasteiger partial charge is 0.494 e. The molecule has 8 heteroatoms. The number of carbonyl (C=O) groups is 3. The number of carbonyl (C=O) groups excluding carboxylic acids is 3. The fraction of sp³-hybridized carbons (Fsp3) is 0.348. The first-order chi connectivity index (χ1) is 14.9. The summed E-state index contributed by atoms with van der Waals surface area (Å²) in [5.74, 6) is -1.01. The number of nitrogens with one attached hydrogen (secondary N) is 1. The molecule has 1 aliphatic rings. The molecule has 0 spiro atoms. The van der Waals surface area contributed by atoms with Crippen LogP contribution >= 0.6 is 15.9 Å². The average Bonchev–Trinajstić information content (AvgIpc) is 3.15. The molecule has 1 N–H and O–H groups in total. The van der Waals surface area contributed by atoms with Gasteiger partial charge in [0, 0.05) is 28.8 Å². The maximum absolute atomic E-state index is 12.4. The number of benzene rings is 2. The van der Waals surface area contributed by atoms with Gasteiger partial charge in [-0.3, -0.25) is 14.4 Å². The van der Waals surface area contributed by atoms with Crippen molar-refractivity contribution in [3.05, 3.63) is 52.5 Å². The van der Waals surface area contributed by atoms with E-state index in [0.29, 0.717) is 18.0 Å². The van der Waals surface area contributed by atoms with Crippen LogP contribution in [0.1, 0.15) is 25.3 Å². The van der Waals surface area contributed by atoms with E-state index in [1.54, 1.807) is 35.2 Å². The second-order valence-electron chi connectivity index (χ2n) is 7.37. The monoisotopic (exact) mass is 488 g/mol. The van der Waals surface area contributed by atoms with Crippen molar-refractivity contribution in [1.82, 2.24) is 0 Å². The minimum Gasteiger partial charge on any atom is -0.494 e. The van der Waals surface area contributed by atoms with Crippen LogP contribution in [0, 0.1) is 12.8 Å². The van der Waals surface area contributed by atoms with Crippen LogP contribution in [0.5, 0.6) is 5.75 Å². The Hall–Kier alpha value is -2.87. The first kappa shape index (κ1) is 22.8. The molecular weight excluding hydrogens is 464 g/mol. The van der Waals surface area contributed by atoms with E-state index in [9.17, 15) is 14.4 Å². The molecule has 164 valence electrons. The Bertz CT molecular complexity index is 961. The van der Waals surface area contributed by atoms with Gasteiger partial charge >= 0.3 is 5.97 Å². The lowest BCUT2D eigenvalue weighted by Gasteiger charge is -2.17. The SMILES string of the molecule is CCCOc1ccc(N2C[C@H](C(=O)OCC(=O)Nc3ccc(Br)c(C)c3)CC2=O)cc1. The Labute approximate surface area is 189 Å². The van der Waals surface area contributed by atoms with Gasteiger partial charge in [-0.1, -0.05) is 22.9 Å². The fourth-order valence-electron chi connectivity index (χ4n) is 3.23. The number of aryl methyl sites for hydroxylation is 1. The van der Waals surface area contributed by atoms with Crippen LogP contribution in [0.4, 0.5) is 11.4 Å². The summed E-state index contributed by atoms with van der Waals surface area (Å²) in [7, 11) is 0. The molecule has 0 unspecified atom stereocenters. The molecule has 3 rings (SSSR count). The van der Waals surface area contributed by atoms with E-state index in [1.807, 2.05) is 26.0 Å². The molecule has 1 saturated heterocycles. The second-order valence-corrected chi connectivity index (χ2v) is 8.22. The van der Waals surface area contributed by atoms with E-state index < -0.39 is 24.4 Å². The van der Waals surface area contributed by atoms with Crippen molar-refractivity contribution in [2.45, 2.75) is 26.7 Å². The van der Waals surface area contributed by atoms with Crippen molar-refractivity contribution in [2.75, 3.05) is 30.0 Å². The molecule has 1 fully saturated rings. The van der Waals surface area contributed by atoms with Gasteiger partial charge in [0.1, 0.15) is 5.75 Å². The molecule has 1 aliphatic heterocycles. The third-order valence-corrected chi connectivity index (χ3v) is 5.76. The Balaban J connectivity index is 1.50. The topological polar surface area (TPSA) is 84.9 Å². The van der Waals surface area contributed by atoms with Crippen LogP contribution < -0.4 is 15.0 Å². The number of hydrogen-bond acceptors (Lipinski definition) is 5. The molecule has 1 atom stereocenters. The lowest BCUT2D eigenvalue weighted by Crippen LogP contribution is -2.28. The van der Waals surface area contributed by atoms with Crippen LogP contribution in [0.2, 0.25) is 0 Å². The van der Waals surface area contributed by atoms with Crippen LogP contribution in [-0.4, -0.2) is 37.5 Å². The molecule has 2 aromatic rings. The Kier molecular flexibility index (Phi) is 7.68. The summed E-state index contributed by atoms with van der Waals surface area (Å²) in [6, 6.07) is 12.6. The molecule has 1 heterocycles. The second kappa shape index (κ2) is 10.4. The molecule has 0 radical (unpaired) electrons. The van der Waals surface area contributed by atoms with Crippen LogP contribution in [0.15, 0.2) is 46.9 Å². The summed E-state index contributed by atoms with van der Waals surface area (Å²) in [6.07, 6.45) is 0.970. The highest BCUT2D eigenvalue weighted by atomic mass is 79.9. The maximum Gasteiger partial charge on any atom is 0.311 e. The van der Waals surface area contributed by atoms with Crippen molar-refractivity contribution in [3.63, 3.8) is 0 Å². The lowest BCUT2D eigenvalue weighted by atomic mass is 10.1. The molecule has 0 aliphatic carbocycles. The summed E-state index contributed by atoms with van der Waals surface area (Å²) in [5, 5.41) is 2.69. The number of nitrogens with zero attached hydrogens (tertiary/aromatic N) is 1. The van der Waals surface area contributed by atoms with Gasteiger partial charge in [-0.15, -0.1) is 0 Å². The number of esters is 1. The van der Waals surface area contributed by atoms with Crippen molar-refractivity contribution >= 4 is 45.1 Å². The van der Waals surface area contributed by atoms with E-state index >= 15 is 0 Å². The zero-order valence-corrected chi connectivity index (χ0v) is 19.1. The van der Waals surface area contributed by atoms with Gasteiger partial charge in [0.15, 0.2) is 6.61 Å². The van der Waals surface area contributed by atoms with E-state index in [0.717, 1.165) is 22.2 Å². The van der Waals surface area contributed by atoms with Gasteiger partial charge < -0.3 is 19.7 Å². The molecule has 2 aromatic carbocycles. The summed E-state index contributed by atoms with van der Waals surface area (Å²) < 4.78 is 11.6. The van der Waals surface area contributed by atoms with E-state index in [-0.39, 0.29) is 18.9 Å². The van der Waals surface area contributed by atoms with Gasteiger partial charge in [0.05, 0.1) is 12.5 Å². The highest BCUT2D eigenvalue weighted by Crippen LogP contribution is 2.27. The highest BCUT2D eigenvalue weighted by Gasteiger charge is 2.36. The average molecular weight is 489 g/mol. The van der Waals surface area contributed by atoms with Crippen LogP contribution in [-0.2, 0) is 19.1 Å². The summed E-state index contributed by atoms with van der Waals surface area (Å²) in [4.78, 5) is 38.4. The molecule has 0 bridgehead atoms. The predicted octanol–water partition coefficient (Wildman–Crippen LogP) is 4.08. The molecule has 31 heavy (non-hydrogen) atoms. The summed E-state index contributed by atoms with van der Waals surface area (Å²) >= 11 is 3.40. The van der Waals surface area contributed by atoms with Crippen LogP contribution in [0.3, 0.4) is 0 Å². The number of hydrogen-bond donors (Lipinski definition) is 1. The normalized spacial score (nSPS) is 15.6. The highest BCUT2D eigenvalue weighted by molar-refractivity contribution is 9.10. The number of amides is 2. The maximum atomic E-state index is 12.4. The van der Waals surface area contributed by atoms with Crippen molar-refractivity contribution in [3.8, 4) is 5.75 Å². The number of halogens is 1.